The van der Waals surface area contributed by atoms with Gasteiger partial charge in [-0.1, -0.05) is 26.0 Å². The molecule has 128 valence electrons. The Kier molecular flexibility index (Phi) is 6.38. The Morgan fingerprint density at radius 2 is 2.00 bits per heavy atom. The minimum Gasteiger partial charge on any atom is -0.393 e. The number of amides is 1. The summed E-state index contributed by atoms with van der Waals surface area (Å²) in [5.41, 5.74) is -0.718. The van der Waals surface area contributed by atoms with E-state index in [4.69, 9.17) is 0 Å². The molecule has 1 aromatic carbocycles. The Labute approximate surface area is 134 Å². The third-order valence-electron chi connectivity index (χ3n) is 3.23. The Balaban J connectivity index is 2.62. The van der Waals surface area contributed by atoms with E-state index in [9.17, 15) is 23.1 Å². The number of benzene rings is 1. The first kappa shape index (κ1) is 19.2. The van der Waals surface area contributed by atoms with Gasteiger partial charge in [-0.15, -0.1) is 0 Å². The Bertz CT molecular complexity index is 563. The number of halogens is 3. The highest BCUT2D eigenvalue weighted by Gasteiger charge is 2.30. The number of carbonyl (C=O) groups excluding carboxylic acids is 1. The Morgan fingerprint density at radius 3 is 2.57 bits per heavy atom. The maximum Gasteiger partial charge on any atom is 0.416 e. The van der Waals surface area contributed by atoms with Gasteiger partial charge in [-0.2, -0.15) is 13.2 Å². The second-order valence-corrected chi connectivity index (χ2v) is 6.39. The molecular weight excluding hydrogens is 307 g/mol. The van der Waals surface area contributed by atoms with Crippen LogP contribution in [-0.2, 0) is 11.0 Å². The van der Waals surface area contributed by atoms with Gasteiger partial charge >= 0.3 is 6.18 Å². The molecule has 1 atom stereocenters. The highest BCUT2D eigenvalue weighted by atomic mass is 19.4. The first-order valence-corrected chi connectivity index (χ1v) is 7.31. The lowest BCUT2D eigenvalue weighted by Gasteiger charge is -2.26. The molecule has 0 saturated heterocycles. The van der Waals surface area contributed by atoms with Crippen molar-refractivity contribution in [2.24, 2.45) is 5.41 Å². The molecule has 0 aliphatic heterocycles. The molecule has 6 heteroatoms. The van der Waals surface area contributed by atoms with Gasteiger partial charge in [0, 0.05) is 12.6 Å². The third-order valence-corrected chi connectivity index (χ3v) is 3.23. The zero-order valence-corrected chi connectivity index (χ0v) is 13.4. The van der Waals surface area contributed by atoms with E-state index in [0.29, 0.717) is 18.5 Å². The van der Waals surface area contributed by atoms with Crippen molar-refractivity contribution >= 4 is 12.0 Å². The van der Waals surface area contributed by atoms with E-state index in [0.717, 1.165) is 12.1 Å². The summed E-state index contributed by atoms with van der Waals surface area (Å²) in [6.07, 6.45) is -1.80. The van der Waals surface area contributed by atoms with Crippen LogP contribution >= 0.6 is 0 Å². The van der Waals surface area contributed by atoms with Gasteiger partial charge in [-0.3, -0.25) is 4.79 Å². The molecule has 1 unspecified atom stereocenters. The number of aliphatic hydroxyl groups is 1. The smallest absolute Gasteiger partial charge is 0.393 e. The van der Waals surface area contributed by atoms with Crippen molar-refractivity contribution in [1.82, 2.24) is 5.32 Å². The summed E-state index contributed by atoms with van der Waals surface area (Å²) in [7, 11) is 0. The van der Waals surface area contributed by atoms with Crippen molar-refractivity contribution in [2.45, 2.75) is 39.5 Å². The second kappa shape index (κ2) is 7.64. The Morgan fingerprint density at radius 1 is 1.35 bits per heavy atom. The molecule has 0 aromatic heterocycles. The minimum absolute atomic E-state index is 0.270. The van der Waals surface area contributed by atoms with Crippen molar-refractivity contribution in [1.29, 1.82) is 0 Å². The highest BCUT2D eigenvalue weighted by molar-refractivity contribution is 5.91. The van der Waals surface area contributed by atoms with Crippen LogP contribution in [0.25, 0.3) is 6.08 Å². The third kappa shape index (κ3) is 7.32. The molecule has 0 saturated carbocycles. The van der Waals surface area contributed by atoms with Crippen LogP contribution in [0.3, 0.4) is 0 Å². The maximum atomic E-state index is 12.6. The quantitative estimate of drug-likeness (QED) is 0.783. The number of alkyl halides is 3. The maximum absolute atomic E-state index is 12.6. The summed E-state index contributed by atoms with van der Waals surface area (Å²) in [6, 6.07) is 4.76. The standard InChI is InChI=1S/C17H22F3NO2/c1-12(22)10-16(2,3)11-21-15(23)8-7-13-5-4-6-14(9-13)17(18,19)20/h4-9,12,22H,10-11H2,1-3H3,(H,21,23)/b8-7+. The zero-order chi connectivity index (χ0) is 17.7. The lowest BCUT2D eigenvalue weighted by molar-refractivity contribution is -0.137. The largest absolute Gasteiger partial charge is 0.416 e. The molecule has 0 radical (unpaired) electrons. The van der Waals surface area contributed by atoms with Crippen molar-refractivity contribution in [3.63, 3.8) is 0 Å². The molecule has 0 spiro atoms. The van der Waals surface area contributed by atoms with E-state index in [1.807, 2.05) is 13.8 Å². The van der Waals surface area contributed by atoms with Crippen LogP contribution in [0.2, 0.25) is 0 Å². The summed E-state index contributed by atoms with van der Waals surface area (Å²) in [5, 5.41) is 12.1. The van der Waals surface area contributed by atoms with Gasteiger partial charge in [-0.25, -0.2) is 0 Å². The highest BCUT2D eigenvalue weighted by Crippen LogP contribution is 2.29. The SMILES string of the molecule is CC(O)CC(C)(C)CNC(=O)/C=C/c1cccc(C(F)(F)F)c1. The molecule has 0 aliphatic carbocycles. The molecule has 0 fully saturated rings. The van der Waals surface area contributed by atoms with Crippen LogP contribution in [0.4, 0.5) is 13.2 Å². The van der Waals surface area contributed by atoms with Gasteiger partial charge in [0.15, 0.2) is 0 Å². The van der Waals surface area contributed by atoms with E-state index < -0.39 is 17.8 Å². The molecule has 0 aliphatic rings. The first-order valence-electron chi connectivity index (χ1n) is 7.31. The van der Waals surface area contributed by atoms with E-state index in [1.54, 1.807) is 6.92 Å². The fourth-order valence-electron chi connectivity index (χ4n) is 2.25. The number of nitrogens with one attached hydrogen (secondary N) is 1. The average Bonchev–Trinajstić information content (AvgIpc) is 2.41. The minimum atomic E-state index is -4.41. The number of hydrogen-bond donors (Lipinski definition) is 2. The molecular formula is C17H22F3NO2. The van der Waals surface area contributed by atoms with Crippen molar-refractivity contribution in [2.75, 3.05) is 6.54 Å². The van der Waals surface area contributed by atoms with Gasteiger partial charge in [0.25, 0.3) is 0 Å². The summed E-state index contributed by atoms with van der Waals surface area (Å²) in [5.74, 6) is -0.388. The number of rotatable bonds is 6. The molecule has 3 nitrogen and oxygen atoms in total. The van der Waals surface area contributed by atoms with E-state index in [-0.39, 0.29) is 11.3 Å². The summed E-state index contributed by atoms with van der Waals surface area (Å²) >= 11 is 0. The van der Waals surface area contributed by atoms with Gasteiger partial charge in [0.05, 0.1) is 11.7 Å². The fraction of sp³-hybridized carbons (Fsp3) is 0.471. The van der Waals surface area contributed by atoms with Gasteiger partial charge < -0.3 is 10.4 Å². The zero-order valence-electron chi connectivity index (χ0n) is 13.4. The predicted molar refractivity (Wildman–Crippen MR) is 83.6 cm³/mol. The van der Waals surface area contributed by atoms with Crippen molar-refractivity contribution < 1.29 is 23.1 Å². The van der Waals surface area contributed by atoms with Gasteiger partial charge in [-0.05, 0) is 42.5 Å². The van der Waals surface area contributed by atoms with Crippen LogP contribution in [-0.4, -0.2) is 23.7 Å². The van der Waals surface area contributed by atoms with Crippen LogP contribution in [0.15, 0.2) is 30.3 Å². The van der Waals surface area contributed by atoms with Crippen molar-refractivity contribution in [3.8, 4) is 0 Å². The van der Waals surface area contributed by atoms with E-state index >= 15 is 0 Å². The van der Waals surface area contributed by atoms with Crippen LogP contribution in [0.1, 0.15) is 38.3 Å². The number of hydrogen-bond acceptors (Lipinski definition) is 2. The summed E-state index contributed by atoms with van der Waals surface area (Å²) in [6.45, 7) is 5.87. The molecule has 2 N–H and O–H groups in total. The monoisotopic (exact) mass is 329 g/mol. The molecule has 0 heterocycles. The predicted octanol–water partition coefficient (Wildman–Crippen LogP) is 3.63. The van der Waals surface area contributed by atoms with Crippen molar-refractivity contribution in [3.05, 3.63) is 41.5 Å². The lowest BCUT2D eigenvalue weighted by Crippen LogP contribution is -2.34. The number of carbonyl (C=O) groups is 1. The normalized spacial score (nSPS) is 14.0. The second-order valence-electron chi connectivity index (χ2n) is 6.39. The Hall–Kier alpha value is -1.82. The number of aliphatic hydroxyl groups excluding tert-OH is 1. The lowest BCUT2D eigenvalue weighted by atomic mass is 9.87. The first-order chi connectivity index (χ1) is 10.5. The topological polar surface area (TPSA) is 49.3 Å². The molecule has 1 rings (SSSR count). The van der Waals surface area contributed by atoms with Gasteiger partial charge in [0.2, 0.25) is 5.91 Å². The van der Waals surface area contributed by atoms with Gasteiger partial charge in [0.1, 0.15) is 0 Å². The average molecular weight is 329 g/mol. The molecule has 1 aromatic rings. The molecule has 23 heavy (non-hydrogen) atoms. The van der Waals surface area contributed by atoms with E-state index in [2.05, 4.69) is 5.32 Å². The van der Waals surface area contributed by atoms with Crippen LogP contribution < -0.4 is 5.32 Å². The van der Waals surface area contributed by atoms with E-state index in [1.165, 1.54) is 24.3 Å². The van der Waals surface area contributed by atoms with Crippen LogP contribution in [0, 0.1) is 5.41 Å². The summed E-state index contributed by atoms with van der Waals surface area (Å²) < 4.78 is 37.8. The van der Waals surface area contributed by atoms with Crippen LogP contribution in [0.5, 0.6) is 0 Å². The molecule has 1 amide bonds. The fourth-order valence-corrected chi connectivity index (χ4v) is 2.25. The summed E-state index contributed by atoms with van der Waals surface area (Å²) in [4.78, 5) is 11.7. The molecule has 0 bridgehead atoms.